The van der Waals surface area contributed by atoms with Gasteiger partial charge in [0, 0.05) is 17.3 Å². The van der Waals surface area contributed by atoms with E-state index in [1.165, 1.54) is 0 Å². The van der Waals surface area contributed by atoms with Gasteiger partial charge in [0.2, 0.25) is 0 Å². The highest BCUT2D eigenvalue weighted by atomic mass is 19.4. The standard InChI is InChI=1S/C13H14F3N3/c14-13(15,16)12(18)10-2-1-3-11(10)19-9-6-4-8(17)5-7-9/h4-7,10,18H,1-3,17H2. The molecule has 0 saturated heterocycles. The van der Waals surface area contributed by atoms with Crippen molar-refractivity contribution in [1.82, 2.24) is 0 Å². The zero-order chi connectivity index (χ0) is 14.0. The highest BCUT2D eigenvalue weighted by Gasteiger charge is 2.42. The summed E-state index contributed by atoms with van der Waals surface area (Å²) in [5.74, 6) is -0.905. The second-order valence-electron chi connectivity index (χ2n) is 4.55. The van der Waals surface area contributed by atoms with Crippen molar-refractivity contribution in [2.75, 3.05) is 5.73 Å². The molecule has 2 rings (SSSR count). The topological polar surface area (TPSA) is 62.2 Å². The van der Waals surface area contributed by atoms with Gasteiger partial charge in [-0.2, -0.15) is 13.2 Å². The third-order valence-corrected chi connectivity index (χ3v) is 3.15. The van der Waals surface area contributed by atoms with Gasteiger partial charge in [0.25, 0.3) is 0 Å². The molecule has 1 fully saturated rings. The van der Waals surface area contributed by atoms with E-state index in [1.807, 2.05) is 0 Å². The van der Waals surface area contributed by atoms with E-state index in [0.29, 0.717) is 36.3 Å². The van der Waals surface area contributed by atoms with Crippen molar-refractivity contribution in [2.45, 2.75) is 25.4 Å². The molecule has 1 aromatic rings. The number of aliphatic imine (C=N–C) groups is 1. The SMILES string of the molecule is N=C(C1CCCC1=Nc1ccc(N)cc1)C(F)(F)F. The van der Waals surface area contributed by atoms with E-state index in [0.717, 1.165) is 0 Å². The molecule has 19 heavy (non-hydrogen) atoms. The van der Waals surface area contributed by atoms with Crippen LogP contribution in [0.3, 0.4) is 0 Å². The fourth-order valence-corrected chi connectivity index (χ4v) is 2.19. The average Bonchev–Trinajstić information content (AvgIpc) is 2.78. The van der Waals surface area contributed by atoms with Crippen LogP contribution in [0.2, 0.25) is 0 Å². The lowest BCUT2D eigenvalue weighted by molar-refractivity contribution is -0.0624. The predicted molar refractivity (Wildman–Crippen MR) is 69.1 cm³/mol. The highest BCUT2D eigenvalue weighted by molar-refractivity contribution is 6.10. The maximum Gasteiger partial charge on any atom is 0.429 e. The van der Waals surface area contributed by atoms with Crippen LogP contribution >= 0.6 is 0 Å². The van der Waals surface area contributed by atoms with Crippen LogP contribution in [-0.4, -0.2) is 17.6 Å². The summed E-state index contributed by atoms with van der Waals surface area (Å²) in [6.07, 6.45) is -3.09. The molecule has 1 saturated carbocycles. The van der Waals surface area contributed by atoms with Gasteiger partial charge in [-0.15, -0.1) is 0 Å². The number of nitrogens with zero attached hydrogens (tertiary/aromatic N) is 1. The maximum absolute atomic E-state index is 12.6. The van der Waals surface area contributed by atoms with E-state index in [9.17, 15) is 13.2 Å². The smallest absolute Gasteiger partial charge is 0.399 e. The van der Waals surface area contributed by atoms with E-state index >= 15 is 0 Å². The van der Waals surface area contributed by atoms with Gasteiger partial charge in [0.15, 0.2) is 0 Å². The Kier molecular flexibility index (Phi) is 3.59. The summed E-state index contributed by atoms with van der Waals surface area (Å²) in [5.41, 5.74) is 5.93. The molecule has 0 spiro atoms. The van der Waals surface area contributed by atoms with Crippen molar-refractivity contribution in [2.24, 2.45) is 10.9 Å². The number of nitrogens with one attached hydrogen (secondary N) is 1. The molecule has 0 heterocycles. The normalized spacial score (nSPS) is 21.8. The number of halogens is 3. The molecule has 3 nitrogen and oxygen atoms in total. The Morgan fingerprint density at radius 2 is 1.89 bits per heavy atom. The van der Waals surface area contributed by atoms with Crippen molar-refractivity contribution >= 4 is 22.8 Å². The van der Waals surface area contributed by atoms with Crippen molar-refractivity contribution in [3.63, 3.8) is 0 Å². The van der Waals surface area contributed by atoms with E-state index in [2.05, 4.69) is 4.99 Å². The number of alkyl halides is 3. The minimum absolute atomic E-state index is 0.339. The van der Waals surface area contributed by atoms with Crippen molar-refractivity contribution < 1.29 is 13.2 Å². The van der Waals surface area contributed by atoms with Crippen molar-refractivity contribution in [3.8, 4) is 0 Å². The molecule has 1 unspecified atom stereocenters. The third kappa shape index (κ3) is 3.13. The number of nitrogens with two attached hydrogens (primary N) is 1. The van der Waals surface area contributed by atoms with Crippen LogP contribution in [0.5, 0.6) is 0 Å². The van der Waals surface area contributed by atoms with E-state index in [-0.39, 0.29) is 0 Å². The van der Waals surface area contributed by atoms with Crippen LogP contribution < -0.4 is 5.73 Å². The van der Waals surface area contributed by atoms with Gasteiger partial charge in [-0.3, -0.25) is 10.4 Å². The number of benzene rings is 1. The van der Waals surface area contributed by atoms with Gasteiger partial charge >= 0.3 is 6.18 Å². The van der Waals surface area contributed by atoms with Crippen LogP contribution in [0.15, 0.2) is 29.3 Å². The number of rotatable bonds is 2. The van der Waals surface area contributed by atoms with Crippen LogP contribution in [-0.2, 0) is 0 Å². The van der Waals surface area contributed by atoms with Crippen molar-refractivity contribution in [1.29, 1.82) is 5.41 Å². The molecule has 0 aromatic heterocycles. The molecule has 3 N–H and O–H groups in total. The molecule has 1 aromatic carbocycles. The molecule has 1 aliphatic rings. The molecular weight excluding hydrogens is 255 g/mol. The molecule has 1 atom stereocenters. The summed E-state index contributed by atoms with van der Waals surface area (Å²) >= 11 is 0. The summed E-state index contributed by atoms with van der Waals surface area (Å²) in [6, 6.07) is 6.63. The Morgan fingerprint density at radius 3 is 2.47 bits per heavy atom. The fraction of sp³-hybridized carbons (Fsp3) is 0.385. The van der Waals surface area contributed by atoms with Gasteiger partial charge in [-0.05, 0) is 43.5 Å². The minimum Gasteiger partial charge on any atom is -0.399 e. The molecule has 0 bridgehead atoms. The monoisotopic (exact) mass is 269 g/mol. The van der Waals surface area contributed by atoms with E-state index in [1.54, 1.807) is 24.3 Å². The first kappa shape index (κ1) is 13.6. The first-order chi connectivity index (χ1) is 8.88. The molecule has 0 aliphatic heterocycles. The molecule has 1 aliphatic carbocycles. The summed E-state index contributed by atoms with van der Waals surface area (Å²) in [4.78, 5) is 4.24. The Hall–Kier alpha value is -1.85. The highest BCUT2D eigenvalue weighted by Crippen LogP contribution is 2.32. The summed E-state index contributed by atoms with van der Waals surface area (Å²) in [6.45, 7) is 0. The Labute approximate surface area is 108 Å². The van der Waals surface area contributed by atoms with Crippen LogP contribution in [0.1, 0.15) is 19.3 Å². The molecular formula is C13H14F3N3. The number of anilines is 1. The van der Waals surface area contributed by atoms with Crippen LogP contribution in [0.25, 0.3) is 0 Å². The molecule has 6 heteroatoms. The predicted octanol–water partition coefficient (Wildman–Crippen LogP) is 3.72. The third-order valence-electron chi connectivity index (χ3n) is 3.15. The second kappa shape index (κ2) is 5.03. The quantitative estimate of drug-likeness (QED) is 0.623. The van der Waals surface area contributed by atoms with Gasteiger partial charge < -0.3 is 5.73 Å². The second-order valence-corrected chi connectivity index (χ2v) is 4.55. The zero-order valence-electron chi connectivity index (χ0n) is 10.2. The van der Waals surface area contributed by atoms with E-state index < -0.39 is 17.8 Å². The molecule has 0 radical (unpaired) electrons. The van der Waals surface area contributed by atoms with Crippen LogP contribution in [0.4, 0.5) is 24.5 Å². The van der Waals surface area contributed by atoms with Crippen LogP contribution in [0, 0.1) is 11.3 Å². The first-order valence-electron chi connectivity index (χ1n) is 5.96. The van der Waals surface area contributed by atoms with E-state index in [4.69, 9.17) is 11.1 Å². The number of nitrogen functional groups attached to an aromatic ring is 1. The van der Waals surface area contributed by atoms with Gasteiger partial charge in [0.05, 0.1) is 5.69 Å². The zero-order valence-corrected chi connectivity index (χ0v) is 10.2. The largest absolute Gasteiger partial charge is 0.429 e. The van der Waals surface area contributed by atoms with Gasteiger partial charge in [-0.1, -0.05) is 0 Å². The molecule has 102 valence electrons. The maximum atomic E-state index is 12.6. The van der Waals surface area contributed by atoms with Gasteiger partial charge in [-0.25, -0.2) is 0 Å². The fourth-order valence-electron chi connectivity index (χ4n) is 2.19. The summed E-state index contributed by atoms with van der Waals surface area (Å²) < 4.78 is 37.7. The lowest BCUT2D eigenvalue weighted by Gasteiger charge is -2.15. The summed E-state index contributed by atoms with van der Waals surface area (Å²) in [5, 5.41) is 7.24. The summed E-state index contributed by atoms with van der Waals surface area (Å²) in [7, 11) is 0. The number of hydrogen-bond donors (Lipinski definition) is 2. The lowest BCUT2D eigenvalue weighted by Crippen LogP contribution is -2.32. The van der Waals surface area contributed by atoms with Crippen molar-refractivity contribution in [3.05, 3.63) is 24.3 Å². The lowest BCUT2D eigenvalue weighted by atomic mass is 9.99. The Balaban J connectivity index is 2.23. The average molecular weight is 269 g/mol. The minimum atomic E-state index is -4.57. The first-order valence-corrected chi connectivity index (χ1v) is 5.96. The number of hydrogen-bond acceptors (Lipinski definition) is 3. The van der Waals surface area contributed by atoms with Gasteiger partial charge in [0.1, 0.15) is 5.71 Å². The Bertz CT molecular complexity index is 503. The molecule has 0 amide bonds. The Morgan fingerprint density at radius 1 is 1.26 bits per heavy atom.